The molecule has 16 heavy (non-hydrogen) atoms. The Morgan fingerprint density at radius 3 is 2.88 bits per heavy atom. The van der Waals surface area contributed by atoms with Gasteiger partial charge in [-0.15, -0.1) is 0 Å². The number of para-hydroxylation sites is 2. The number of aromatic nitrogens is 2. The van der Waals surface area contributed by atoms with Crippen molar-refractivity contribution in [3.05, 3.63) is 30.1 Å². The lowest BCUT2D eigenvalue weighted by atomic mass is 10.3. The molecule has 0 fully saturated rings. The van der Waals surface area contributed by atoms with Gasteiger partial charge in [-0.25, -0.2) is 4.98 Å². The first kappa shape index (κ1) is 10.7. The molecular formula is C12H15N3O. The average molecular weight is 217 g/mol. The zero-order chi connectivity index (χ0) is 11.5. The van der Waals surface area contributed by atoms with Gasteiger partial charge in [-0.2, -0.15) is 0 Å². The normalized spacial score (nSPS) is 10.8. The fraction of sp³-hybridized carbons (Fsp3) is 0.333. The molecule has 0 spiro atoms. The predicted molar refractivity (Wildman–Crippen MR) is 62.9 cm³/mol. The van der Waals surface area contributed by atoms with Gasteiger partial charge in [-0.1, -0.05) is 19.1 Å². The van der Waals surface area contributed by atoms with Gasteiger partial charge >= 0.3 is 0 Å². The van der Waals surface area contributed by atoms with Gasteiger partial charge in [0, 0.05) is 6.42 Å². The molecule has 1 aromatic carbocycles. The van der Waals surface area contributed by atoms with Gasteiger partial charge in [0.15, 0.2) is 0 Å². The van der Waals surface area contributed by atoms with E-state index in [1.165, 1.54) is 0 Å². The summed E-state index contributed by atoms with van der Waals surface area (Å²) in [6.07, 6.45) is 1.87. The van der Waals surface area contributed by atoms with Crippen LogP contribution < -0.4 is 5.73 Å². The Bertz CT molecular complexity index is 516. The van der Waals surface area contributed by atoms with E-state index in [4.69, 9.17) is 5.73 Å². The van der Waals surface area contributed by atoms with Crippen molar-refractivity contribution in [1.82, 2.24) is 9.55 Å². The standard InChI is InChI=1S/C12H15N3O/c1-2-5-12-14-9-6-3-4-7-10(9)15(12)8-11(13)16/h3-4,6-7H,2,5,8H2,1H3,(H2,13,16). The number of amides is 1. The van der Waals surface area contributed by atoms with E-state index in [9.17, 15) is 4.79 Å². The van der Waals surface area contributed by atoms with Crippen LogP contribution >= 0.6 is 0 Å². The average Bonchev–Trinajstić information content (AvgIpc) is 2.57. The lowest BCUT2D eigenvalue weighted by molar-refractivity contribution is -0.118. The van der Waals surface area contributed by atoms with Crippen LogP contribution in [-0.2, 0) is 17.8 Å². The zero-order valence-electron chi connectivity index (χ0n) is 9.31. The van der Waals surface area contributed by atoms with Gasteiger partial charge < -0.3 is 10.3 Å². The Morgan fingerprint density at radius 2 is 2.19 bits per heavy atom. The van der Waals surface area contributed by atoms with E-state index in [0.29, 0.717) is 0 Å². The first-order valence-electron chi connectivity index (χ1n) is 5.45. The highest BCUT2D eigenvalue weighted by Gasteiger charge is 2.10. The van der Waals surface area contributed by atoms with Crippen LogP contribution in [-0.4, -0.2) is 15.5 Å². The number of hydrogen-bond donors (Lipinski definition) is 1. The molecule has 1 aromatic heterocycles. The third-order valence-electron chi connectivity index (χ3n) is 2.52. The lowest BCUT2D eigenvalue weighted by Crippen LogP contribution is -2.20. The fourth-order valence-electron chi connectivity index (χ4n) is 1.87. The minimum Gasteiger partial charge on any atom is -0.368 e. The number of imidazole rings is 1. The van der Waals surface area contributed by atoms with Crippen molar-refractivity contribution in [2.24, 2.45) is 5.73 Å². The second-order valence-corrected chi connectivity index (χ2v) is 3.82. The molecule has 0 atom stereocenters. The van der Waals surface area contributed by atoms with Crippen LogP contribution in [0.15, 0.2) is 24.3 Å². The summed E-state index contributed by atoms with van der Waals surface area (Å²) in [5.74, 6) is 0.600. The molecule has 0 saturated carbocycles. The maximum Gasteiger partial charge on any atom is 0.237 e. The van der Waals surface area contributed by atoms with Crippen molar-refractivity contribution in [2.45, 2.75) is 26.3 Å². The van der Waals surface area contributed by atoms with Crippen LogP contribution in [0.4, 0.5) is 0 Å². The molecule has 0 bridgehead atoms. The van der Waals surface area contributed by atoms with Gasteiger partial charge in [0.1, 0.15) is 12.4 Å². The van der Waals surface area contributed by atoms with Gasteiger partial charge in [-0.3, -0.25) is 4.79 Å². The topological polar surface area (TPSA) is 60.9 Å². The molecule has 1 heterocycles. The fourth-order valence-corrected chi connectivity index (χ4v) is 1.87. The minimum atomic E-state index is -0.333. The molecule has 84 valence electrons. The molecule has 0 aliphatic rings. The highest BCUT2D eigenvalue weighted by molar-refractivity contribution is 5.80. The number of benzene rings is 1. The monoisotopic (exact) mass is 217 g/mol. The summed E-state index contributed by atoms with van der Waals surface area (Å²) >= 11 is 0. The lowest BCUT2D eigenvalue weighted by Gasteiger charge is -2.05. The zero-order valence-corrected chi connectivity index (χ0v) is 9.31. The van der Waals surface area contributed by atoms with Crippen LogP contribution in [0.5, 0.6) is 0 Å². The first-order valence-corrected chi connectivity index (χ1v) is 5.45. The van der Waals surface area contributed by atoms with E-state index >= 15 is 0 Å². The summed E-state index contributed by atoms with van der Waals surface area (Å²) in [5.41, 5.74) is 7.15. The number of hydrogen-bond acceptors (Lipinski definition) is 2. The number of primary amides is 1. The van der Waals surface area contributed by atoms with Crippen LogP contribution in [0.25, 0.3) is 11.0 Å². The predicted octanol–water partition coefficient (Wildman–Crippen LogP) is 1.47. The third kappa shape index (κ3) is 1.91. The van der Waals surface area contributed by atoms with Gasteiger partial charge in [0.2, 0.25) is 5.91 Å². The SMILES string of the molecule is CCCc1nc2ccccc2n1CC(N)=O. The number of carbonyl (C=O) groups is 1. The Kier molecular flexibility index (Phi) is 2.90. The van der Waals surface area contributed by atoms with E-state index in [-0.39, 0.29) is 12.5 Å². The summed E-state index contributed by atoms with van der Waals surface area (Å²) in [6, 6.07) is 7.80. The van der Waals surface area contributed by atoms with Crippen molar-refractivity contribution in [2.75, 3.05) is 0 Å². The maximum atomic E-state index is 11.0. The summed E-state index contributed by atoms with van der Waals surface area (Å²) in [4.78, 5) is 15.6. The highest BCUT2D eigenvalue weighted by atomic mass is 16.1. The van der Waals surface area contributed by atoms with Crippen LogP contribution in [0.1, 0.15) is 19.2 Å². The summed E-state index contributed by atoms with van der Waals surface area (Å²) in [5, 5.41) is 0. The second-order valence-electron chi connectivity index (χ2n) is 3.82. The highest BCUT2D eigenvalue weighted by Crippen LogP contribution is 2.16. The molecule has 1 amide bonds. The molecule has 0 radical (unpaired) electrons. The molecule has 2 rings (SSSR count). The summed E-state index contributed by atoms with van der Waals surface area (Å²) < 4.78 is 1.90. The number of fused-ring (bicyclic) bond motifs is 1. The van der Waals surface area contributed by atoms with Crippen LogP contribution in [0.2, 0.25) is 0 Å². The van der Waals surface area contributed by atoms with Crippen molar-refractivity contribution in [1.29, 1.82) is 0 Å². The second kappa shape index (κ2) is 4.35. The molecule has 0 unspecified atom stereocenters. The van der Waals surface area contributed by atoms with E-state index in [1.54, 1.807) is 0 Å². The van der Waals surface area contributed by atoms with Crippen molar-refractivity contribution in [3.63, 3.8) is 0 Å². The van der Waals surface area contributed by atoms with E-state index in [1.807, 2.05) is 28.8 Å². The molecule has 0 saturated heterocycles. The number of rotatable bonds is 4. The Morgan fingerprint density at radius 1 is 1.44 bits per heavy atom. The Labute approximate surface area is 94.1 Å². The molecular weight excluding hydrogens is 202 g/mol. The van der Waals surface area contributed by atoms with Gasteiger partial charge in [-0.05, 0) is 18.6 Å². The first-order chi connectivity index (χ1) is 7.72. The molecule has 0 aliphatic carbocycles. The molecule has 4 nitrogen and oxygen atoms in total. The van der Waals surface area contributed by atoms with Crippen molar-refractivity contribution < 1.29 is 4.79 Å². The van der Waals surface area contributed by atoms with Crippen molar-refractivity contribution >= 4 is 16.9 Å². The van der Waals surface area contributed by atoms with Gasteiger partial charge in [0.25, 0.3) is 0 Å². The maximum absolute atomic E-state index is 11.0. The third-order valence-corrected chi connectivity index (χ3v) is 2.52. The van der Waals surface area contributed by atoms with Crippen LogP contribution in [0.3, 0.4) is 0 Å². The van der Waals surface area contributed by atoms with Gasteiger partial charge in [0.05, 0.1) is 11.0 Å². The smallest absolute Gasteiger partial charge is 0.237 e. The van der Waals surface area contributed by atoms with E-state index in [0.717, 1.165) is 29.7 Å². The Balaban J connectivity index is 2.54. The number of nitrogens with two attached hydrogens (primary N) is 1. The summed E-state index contributed by atoms with van der Waals surface area (Å²) in [6.45, 7) is 2.30. The van der Waals surface area contributed by atoms with Crippen molar-refractivity contribution in [3.8, 4) is 0 Å². The van der Waals surface area contributed by atoms with E-state index in [2.05, 4.69) is 11.9 Å². The summed E-state index contributed by atoms with van der Waals surface area (Å²) in [7, 11) is 0. The van der Waals surface area contributed by atoms with E-state index < -0.39 is 0 Å². The van der Waals surface area contributed by atoms with Crippen LogP contribution in [0, 0.1) is 0 Å². The number of nitrogens with zero attached hydrogens (tertiary/aromatic N) is 2. The molecule has 2 aromatic rings. The number of aryl methyl sites for hydroxylation is 1. The largest absolute Gasteiger partial charge is 0.368 e. The molecule has 2 N–H and O–H groups in total. The number of carbonyl (C=O) groups excluding carboxylic acids is 1. The Hall–Kier alpha value is -1.84. The minimum absolute atomic E-state index is 0.204. The quantitative estimate of drug-likeness (QED) is 0.843. The molecule has 0 aliphatic heterocycles. The molecule has 4 heteroatoms.